The smallest absolute Gasteiger partial charge is 0.379 e. The molecule has 0 aromatic carbocycles. The van der Waals surface area contributed by atoms with Crippen molar-refractivity contribution in [2.24, 2.45) is 75.4 Å². The molecular weight excluding hydrogens is 1180 g/mol. The largest absolute Gasteiger partial charge is 0.403 e. The normalized spacial score (nSPS) is 29.6. The lowest BCUT2D eigenvalue weighted by Crippen LogP contribution is -2.61. The molecule has 6 fully saturated rings. The van der Waals surface area contributed by atoms with Crippen LogP contribution in [0.25, 0.3) is 0 Å². The van der Waals surface area contributed by atoms with Crippen LogP contribution in [0.4, 0.5) is 107 Å². The van der Waals surface area contributed by atoms with E-state index < -0.39 is 88.8 Å². The highest BCUT2D eigenvalue weighted by molar-refractivity contribution is 5.08. The molecule has 6 aliphatic rings. The fourth-order valence-corrected chi connectivity index (χ4v) is 16.2. The van der Waals surface area contributed by atoms with E-state index in [1.54, 1.807) is 6.92 Å². The maximum absolute atomic E-state index is 14.2. The number of hydrogen-bond donors (Lipinski definition) is 0. The quantitative estimate of drug-likeness (QED) is 0.152. The summed E-state index contributed by atoms with van der Waals surface area (Å²) in [6.45, 7) is 12.4. The average molecular weight is 1280 g/mol. The summed E-state index contributed by atoms with van der Waals surface area (Å²) >= 11 is 0. The highest BCUT2D eigenvalue weighted by Gasteiger charge is 2.79. The van der Waals surface area contributed by atoms with E-state index in [9.17, 15) is 79.0 Å². The molecule has 2 nitrogen and oxygen atoms in total. The Balaban J connectivity index is -0.00000114. The summed E-state index contributed by atoms with van der Waals surface area (Å²) in [4.78, 5) is 0. The molecule has 6 saturated carbocycles. The van der Waals surface area contributed by atoms with Gasteiger partial charge in [-0.15, -0.1) is 0 Å². The van der Waals surface area contributed by atoms with Crippen molar-refractivity contribution < 1.29 is 117 Å². The van der Waals surface area contributed by atoms with Crippen LogP contribution in [0.5, 0.6) is 0 Å². The summed E-state index contributed by atoms with van der Waals surface area (Å²) in [7, 11) is 0. The standard InChI is InChI=1S/C21H34F6.C20H32F6O2.C17H26F6.6FH/c1-3-5-15-7-11-17(12-8-15)19(20(22,23)24,21(25,26)27)18-13-9-16(6-4-2)10-14-18;1-3-13-28-17-11-7-15(8-12-17)18(19(21,22)23,20(24,25)26)14-5-9-16(10-6-14)27-4-2;1-11-3-7-13(8-4-11)15(16(18,19)20,17(21,22)23)14-9-5-12(2)6-10-14;;;;;;/h15-18H,3-14H2,1-2H3;14-17H,3-13H2,1-2H3;11-14H,3-10H2,1-2H3;6*1H. The monoisotopic (exact) mass is 1280 g/mol. The average Bonchev–Trinajstić information content (AvgIpc) is 3.33. The number of halogens is 24. The van der Waals surface area contributed by atoms with Gasteiger partial charge in [-0.1, -0.05) is 112 Å². The lowest BCUT2D eigenvalue weighted by molar-refractivity contribution is -0.383. The molecule has 0 heterocycles. The lowest BCUT2D eigenvalue weighted by Gasteiger charge is -2.51. The molecular formula is C58H98F24O2. The van der Waals surface area contributed by atoms with Gasteiger partial charge in [0.25, 0.3) is 0 Å². The molecule has 26 heteroatoms. The SMILES string of the molecule is CC1CCC(C(C2CCC(C)CC2)(C(F)(F)F)C(F)(F)F)CC1.CCCC1CCC(C(C2CCC(CCC)CC2)(C(F)(F)F)C(F)(F)F)CC1.CCCOC1CCC(C(C2CCC(OCC)CC2)(C(F)(F)F)C(F)(F)F)CC1.F.F.F.F.F.F. The molecule has 6 rings (SSSR count). The maximum Gasteiger partial charge on any atom is 0.403 e. The molecule has 0 bridgehead atoms. The molecule has 0 saturated heterocycles. The predicted molar refractivity (Wildman–Crippen MR) is 281 cm³/mol. The van der Waals surface area contributed by atoms with E-state index in [1.807, 2.05) is 34.6 Å². The molecule has 84 heavy (non-hydrogen) atoms. The minimum atomic E-state index is -5.32. The molecule has 0 aliphatic heterocycles. The van der Waals surface area contributed by atoms with Crippen LogP contribution in [0.1, 0.15) is 228 Å². The van der Waals surface area contributed by atoms with E-state index in [0.29, 0.717) is 64.6 Å². The molecule has 0 amide bonds. The van der Waals surface area contributed by atoms with Gasteiger partial charge in [0.1, 0.15) is 0 Å². The van der Waals surface area contributed by atoms with Crippen molar-refractivity contribution in [1.29, 1.82) is 0 Å². The molecule has 0 radical (unpaired) electrons. The maximum atomic E-state index is 14.2. The topological polar surface area (TPSA) is 18.5 Å². The van der Waals surface area contributed by atoms with Gasteiger partial charge in [-0.05, 0) is 175 Å². The second kappa shape index (κ2) is 35.6. The number of hydrogen-bond acceptors (Lipinski definition) is 2. The van der Waals surface area contributed by atoms with Gasteiger partial charge in [0.05, 0.1) is 12.2 Å². The molecule has 0 spiro atoms. The Morgan fingerprint density at radius 3 is 0.667 bits per heavy atom. The summed E-state index contributed by atoms with van der Waals surface area (Å²) in [5.41, 5.74) is -10.7. The van der Waals surface area contributed by atoms with E-state index >= 15 is 0 Å². The number of alkyl halides is 18. The van der Waals surface area contributed by atoms with E-state index in [0.717, 1.165) is 32.1 Å². The lowest BCUT2D eigenvalue weighted by atomic mass is 9.56. The number of ether oxygens (including phenoxy) is 2. The first-order chi connectivity index (χ1) is 36.1. The van der Waals surface area contributed by atoms with Crippen LogP contribution in [-0.2, 0) is 9.47 Å². The van der Waals surface area contributed by atoms with Gasteiger partial charge in [-0.3, -0.25) is 28.2 Å². The first kappa shape index (κ1) is 86.4. The van der Waals surface area contributed by atoms with Crippen LogP contribution in [0.3, 0.4) is 0 Å². The third-order valence-corrected chi connectivity index (χ3v) is 20.1. The second-order valence-corrected chi connectivity index (χ2v) is 24.8. The Kier molecular flexibility index (Phi) is 36.6. The van der Waals surface area contributed by atoms with E-state index in [2.05, 4.69) is 0 Å². The van der Waals surface area contributed by atoms with Crippen molar-refractivity contribution in [3.63, 3.8) is 0 Å². The molecule has 0 N–H and O–H groups in total. The molecule has 0 unspecified atom stereocenters. The summed E-state index contributed by atoms with van der Waals surface area (Å²) in [5, 5.41) is 0. The minimum absolute atomic E-state index is 0. The zero-order valence-corrected chi connectivity index (χ0v) is 49.4. The van der Waals surface area contributed by atoms with Crippen molar-refractivity contribution in [2.45, 2.75) is 277 Å². The molecule has 0 atom stereocenters. The van der Waals surface area contributed by atoms with Crippen LogP contribution >= 0.6 is 0 Å². The van der Waals surface area contributed by atoms with Crippen molar-refractivity contribution >= 4 is 0 Å². The van der Waals surface area contributed by atoms with Crippen LogP contribution in [0.2, 0.25) is 0 Å². The highest BCUT2D eigenvalue weighted by atomic mass is 19.4. The second-order valence-electron chi connectivity index (χ2n) is 24.8. The van der Waals surface area contributed by atoms with Crippen molar-refractivity contribution in [1.82, 2.24) is 0 Å². The van der Waals surface area contributed by atoms with Gasteiger partial charge in [0.15, 0.2) is 16.2 Å². The van der Waals surface area contributed by atoms with E-state index in [1.165, 1.54) is 0 Å². The first-order valence-corrected chi connectivity index (χ1v) is 29.8. The van der Waals surface area contributed by atoms with Gasteiger partial charge >= 0.3 is 37.1 Å². The zero-order valence-electron chi connectivity index (χ0n) is 49.4. The van der Waals surface area contributed by atoms with E-state index in [4.69, 9.17) is 9.47 Å². The third kappa shape index (κ3) is 19.4. The molecule has 6 aliphatic carbocycles. The predicted octanol–water partition coefficient (Wildman–Crippen LogP) is 22.7. The fourth-order valence-electron chi connectivity index (χ4n) is 16.2. The Morgan fingerprint density at radius 2 is 0.476 bits per heavy atom. The van der Waals surface area contributed by atoms with Gasteiger partial charge in [0, 0.05) is 13.2 Å². The van der Waals surface area contributed by atoms with Crippen LogP contribution in [0.15, 0.2) is 0 Å². The summed E-state index contributed by atoms with van der Waals surface area (Å²) in [5.74, 6) is -7.17. The van der Waals surface area contributed by atoms with Crippen molar-refractivity contribution in [3.05, 3.63) is 0 Å². The van der Waals surface area contributed by atoms with Gasteiger partial charge in [-0.25, -0.2) is 0 Å². The zero-order chi connectivity index (χ0) is 58.8. The van der Waals surface area contributed by atoms with Crippen molar-refractivity contribution in [2.75, 3.05) is 13.2 Å². The van der Waals surface area contributed by atoms with Gasteiger partial charge in [-0.2, -0.15) is 79.0 Å². The van der Waals surface area contributed by atoms with E-state index in [-0.39, 0.29) is 167 Å². The fraction of sp³-hybridized carbons (Fsp3) is 1.00. The van der Waals surface area contributed by atoms with Gasteiger partial charge < -0.3 is 9.47 Å². The Hall–Kier alpha value is -1.76. The van der Waals surface area contributed by atoms with Crippen LogP contribution in [-0.4, -0.2) is 62.5 Å². The molecule has 510 valence electrons. The highest BCUT2D eigenvalue weighted by Crippen LogP contribution is 2.68. The Labute approximate surface area is 481 Å². The Morgan fingerprint density at radius 1 is 0.274 bits per heavy atom. The summed E-state index contributed by atoms with van der Waals surface area (Å²) in [6.07, 6.45) is -22.8. The third-order valence-electron chi connectivity index (χ3n) is 20.1. The Bertz CT molecular complexity index is 1590. The molecule has 0 aromatic heterocycles. The molecule has 0 aromatic rings. The minimum Gasteiger partial charge on any atom is -0.379 e. The summed E-state index contributed by atoms with van der Waals surface area (Å²) in [6, 6.07) is 0. The van der Waals surface area contributed by atoms with Crippen molar-refractivity contribution in [3.8, 4) is 0 Å². The van der Waals surface area contributed by atoms with Crippen LogP contribution in [0, 0.1) is 75.4 Å². The van der Waals surface area contributed by atoms with Gasteiger partial charge in [0.2, 0.25) is 0 Å². The first-order valence-electron chi connectivity index (χ1n) is 29.8. The summed E-state index contributed by atoms with van der Waals surface area (Å²) < 4.78 is 265. The van der Waals surface area contributed by atoms with Crippen LogP contribution < -0.4 is 0 Å². The number of rotatable bonds is 15.